The maximum atomic E-state index is 6.12. The Morgan fingerprint density at radius 1 is 1.03 bits per heavy atom. The maximum Gasteiger partial charge on any atom is 0.227 e. The molecule has 0 N–H and O–H groups in total. The lowest BCUT2D eigenvalue weighted by atomic mass is 10.1. The third kappa shape index (κ3) is 4.68. The van der Waals surface area contributed by atoms with Crippen LogP contribution in [0.25, 0.3) is 0 Å². The molecule has 1 aliphatic heterocycles. The molecule has 1 fully saturated rings. The number of aromatic nitrogens is 4. The van der Waals surface area contributed by atoms with E-state index in [4.69, 9.17) is 9.47 Å². The van der Waals surface area contributed by atoms with E-state index in [2.05, 4.69) is 24.8 Å². The fraction of sp³-hybridized carbons (Fsp3) is 0.364. The molecule has 0 aromatic carbocycles. The third-order valence-electron chi connectivity index (χ3n) is 5.05. The number of anilines is 1. The summed E-state index contributed by atoms with van der Waals surface area (Å²) in [7, 11) is 0. The van der Waals surface area contributed by atoms with Gasteiger partial charge in [0.2, 0.25) is 5.88 Å². The first-order valence-electron chi connectivity index (χ1n) is 9.88. The lowest BCUT2D eigenvalue weighted by Crippen LogP contribution is -2.40. The molecule has 7 heteroatoms. The second-order valence-electron chi connectivity index (χ2n) is 7.16. The Balaban J connectivity index is 1.45. The molecule has 1 saturated heterocycles. The highest BCUT2D eigenvalue weighted by atomic mass is 16.5. The molecular weight excluding hydrogens is 366 g/mol. The molecule has 0 aliphatic carbocycles. The first-order valence-corrected chi connectivity index (χ1v) is 9.88. The molecular formula is C22H25N5O2. The van der Waals surface area contributed by atoms with E-state index in [-0.39, 0.29) is 6.10 Å². The van der Waals surface area contributed by atoms with Gasteiger partial charge in [0.25, 0.3) is 0 Å². The Morgan fingerprint density at radius 3 is 2.76 bits per heavy atom. The van der Waals surface area contributed by atoms with Crippen LogP contribution in [-0.2, 0) is 11.3 Å². The van der Waals surface area contributed by atoms with Gasteiger partial charge in [-0.05, 0) is 51.0 Å². The highest BCUT2D eigenvalue weighted by Crippen LogP contribution is 2.30. The number of aryl methyl sites for hydroxylation is 1. The van der Waals surface area contributed by atoms with Crippen molar-refractivity contribution in [3.63, 3.8) is 0 Å². The molecule has 150 valence electrons. The van der Waals surface area contributed by atoms with Gasteiger partial charge < -0.3 is 14.4 Å². The smallest absolute Gasteiger partial charge is 0.227 e. The van der Waals surface area contributed by atoms with E-state index in [1.807, 2.05) is 44.2 Å². The zero-order valence-electron chi connectivity index (χ0n) is 16.8. The predicted molar refractivity (Wildman–Crippen MR) is 110 cm³/mol. The first-order chi connectivity index (χ1) is 14.2. The Morgan fingerprint density at radius 2 is 1.93 bits per heavy atom. The van der Waals surface area contributed by atoms with Crippen molar-refractivity contribution < 1.29 is 9.47 Å². The summed E-state index contributed by atoms with van der Waals surface area (Å²) in [5.41, 5.74) is 2.69. The summed E-state index contributed by atoms with van der Waals surface area (Å²) in [5.74, 6) is 2.15. The fourth-order valence-electron chi connectivity index (χ4n) is 3.48. The highest BCUT2D eigenvalue weighted by Gasteiger charge is 2.24. The molecule has 4 rings (SSSR count). The van der Waals surface area contributed by atoms with Gasteiger partial charge in [-0.25, -0.2) is 9.97 Å². The molecule has 0 bridgehead atoms. The van der Waals surface area contributed by atoms with Crippen LogP contribution in [0.3, 0.4) is 0 Å². The summed E-state index contributed by atoms with van der Waals surface area (Å²) < 4.78 is 12.1. The summed E-state index contributed by atoms with van der Waals surface area (Å²) in [6.45, 7) is 6.16. The van der Waals surface area contributed by atoms with E-state index in [0.29, 0.717) is 18.2 Å². The van der Waals surface area contributed by atoms with Gasteiger partial charge in [-0.15, -0.1) is 0 Å². The molecule has 0 amide bonds. The van der Waals surface area contributed by atoms with Crippen LogP contribution in [0.1, 0.15) is 29.8 Å². The monoisotopic (exact) mass is 391 g/mol. The predicted octanol–water partition coefficient (Wildman–Crippen LogP) is 3.86. The van der Waals surface area contributed by atoms with Crippen LogP contribution < -0.4 is 9.64 Å². The SMILES string of the molecule is Cc1ncccc1Oc1ncnc(N2CCCC(OCc3ccccn3)C2)c1C. The van der Waals surface area contributed by atoms with Crippen molar-refractivity contribution in [1.82, 2.24) is 19.9 Å². The number of hydrogen-bond donors (Lipinski definition) is 0. The fourth-order valence-corrected chi connectivity index (χ4v) is 3.48. The average Bonchev–Trinajstić information content (AvgIpc) is 2.76. The maximum absolute atomic E-state index is 6.12. The summed E-state index contributed by atoms with van der Waals surface area (Å²) in [4.78, 5) is 19.7. The van der Waals surface area contributed by atoms with Crippen LogP contribution in [0.5, 0.6) is 11.6 Å². The second-order valence-corrected chi connectivity index (χ2v) is 7.16. The Hall–Kier alpha value is -3.06. The molecule has 3 aromatic rings. The van der Waals surface area contributed by atoms with E-state index in [1.54, 1.807) is 18.7 Å². The summed E-state index contributed by atoms with van der Waals surface area (Å²) in [6, 6.07) is 9.63. The van der Waals surface area contributed by atoms with Gasteiger partial charge in [0.05, 0.1) is 29.7 Å². The molecule has 29 heavy (non-hydrogen) atoms. The van der Waals surface area contributed by atoms with Crippen LogP contribution in [0, 0.1) is 13.8 Å². The molecule has 7 nitrogen and oxygen atoms in total. The van der Waals surface area contributed by atoms with Crippen molar-refractivity contribution in [2.45, 2.75) is 39.4 Å². The molecule has 0 saturated carbocycles. The Kier molecular flexibility index (Phi) is 5.95. The van der Waals surface area contributed by atoms with Gasteiger partial charge in [0, 0.05) is 25.5 Å². The standard InChI is InChI=1S/C22H25N5O2/c1-16-21(25-15-26-22(16)29-20-9-5-11-23-17(20)2)27-12-6-8-19(13-27)28-14-18-7-3-4-10-24-18/h3-5,7,9-11,15,19H,6,8,12-14H2,1-2H3. The average molecular weight is 391 g/mol. The highest BCUT2D eigenvalue weighted by molar-refractivity contribution is 5.51. The molecule has 3 aromatic heterocycles. The van der Waals surface area contributed by atoms with Gasteiger partial charge in [-0.3, -0.25) is 9.97 Å². The van der Waals surface area contributed by atoms with Crippen LogP contribution in [0.4, 0.5) is 5.82 Å². The van der Waals surface area contributed by atoms with Gasteiger partial charge in [0.15, 0.2) is 5.75 Å². The third-order valence-corrected chi connectivity index (χ3v) is 5.05. The van der Waals surface area contributed by atoms with Crippen LogP contribution in [0.15, 0.2) is 49.1 Å². The lowest BCUT2D eigenvalue weighted by molar-refractivity contribution is 0.0297. The van der Waals surface area contributed by atoms with Crippen molar-refractivity contribution in [3.8, 4) is 11.6 Å². The van der Waals surface area contributed by atoms with E-state index < -0.39 is 0 Å². The van der Waals surface area contributed by atoms with Gasteiger partial charge in [0.1, 0.15) is 12.1 Å². The zero-order valence-corrected chi connectivity index (χ0v) is 16.8. The summed E-state index contributed by atoms with van der Waals surface area (Å²) >= 11 is 0. The topological polar surface area (TPSA) is 73.3 Å². The van der Waals surface area contributed by atoms with Crippen molar-refractivity contribution >= 4 is 5.82 Å². The van der Waals surface area contributed by atoms with Crippen LogP contribution in [-0.4, -0.2) is 39.1 Å². The second kappa shape index (κ2) is 8.96. The van der Waals surface area contributed by atoms with Crippen molar-refractivity contribution in [1.29, 1.82) is 0 Å². The molecule has 1 atom stereocenters. The molecule has 0 radical (unpaired) electrons. The number of ether oxygens (including phenoxy) is 2. The van der Waals surface area contributed by atoms with Crippen molar-refractivity contribution in [3.05, 3.63) is 66.0 Å². The van der Waals surface area contributed by atoms with Gasteiger partial charge in [-0.1, -0.05) is 6.07 Å². The number of nitrogens with zero attached hydrogens (tertiary/aromatic N) is 5. The lowest BCUT2D eigenvalue weighted by Gasteiger charge is -2.34. The van der Waals surface area contributed by atoms with Gasteiger partial charge in [-0.2, -0.15) is 0 Å². The minimum atomic E-state index is 0.144. The van der Waals surface area contributed by atoms with E-state index in [0.717, 1.165) is 48.7 Å². The largest absolute Gasteiger partial charge is 0.437 e. The number of pyridine rings is 2. The van der Waals surface area contributed by atoms with Crippen molar-refractivity contribution in [2.75, 3.05) is 18.0 Å². The number of rotatable bonds is 6. The normalized spacial score (nSPS) is 16.6. The van der Waals surface area contributed by atoms with E-state index in [1.165, 1.54) is 0 Å². The molecule has 1 aliphatic rings. The van der Waals surface area contributed by atoms with E-state index >= 15 is 0 Å². The van der Waals surface area contributed by atoms with Crippen LogP contribution in [0.2, 0.25) is 0 Å². The number of piperidine rings is 1. The Bertz CT molecular complexity index is 951. The molecule has 1 unspecified atom stereocenters. The molecule has 4 heterocycles. The van der Waals surface area contributed by atoms with Gasteiger partial charge >= 0.3 is 0 Å². The number of hydrogen-bond acceptors (Lipinski definition) is 7. The summed E-state index contributed by atoms with van der Waals surface area (Å²) in [6.07, 6.45) is 7.33. The van der Waals surface area contributed by atoms with Crippen molar-refractivity contribution in [2.24, 2.45) is 0 Å². The molecule has 0 spiro atoms. The quantitative estimate of drug-likeness (QED) is 0.632. The zero-order chi connectivity index (χ0) is 20.1. The first kappa shape index (κ1) is 19.3. The Labute approximate surface area is 170 Å². The summed E-state index contributed by atoms with van der Waals surface area (Å²) in [5, 5.41) is 0. The van der Waals surface area contributed by atoms with Crippen LogP contribution >= 0.6 is 0 Å². The minimum Gasteiger partial charge on any atom is -0.437 e. The van der Waals surface area contributed by atoms with E-state index in [9.17, 15) is 0 Å². The minimum absolute atomic E-state index is 0.144.